The van der Waals surface area contributed by atoms with Crippen LogP contribution < -0.4 is 16.4 Å². The molecule has 2 atom stereocenters. The van der Waals surface area contributed by atoms with Crippen molar-refractivity contribution in [2.75, 3.05) is 32.8 Å². The van der Waals surface area contributed by atoms with Crippen LogP contribution in [-0.4, -0.2) is 77.5 Å². The predicted octanol–water partition coefficient (Wildman–Crippen LogP) is 3.32. The average Bonchev–Trinajstić information content (AvgIpc) is 3.62. The molecule has 3 aromatic rings. The summed E-state index contributed by atoms with van der Waals surface area (Å²) in [6.45, 7) is 4.24. The molecule has 42 heavy (non-hydrogen) atoms. The highest BCUT2D eigenvalue weighted by molar-refractivity contribution is 6.40. The van der Waals surface area contributed by atoms with Gasteiger partial charge in [0.2, 0.25) is 0 Å². The van der Waals surface area contributed by atoms with Crippen molar-refractivity contribution in [3.05, 3.63) is 68.9 Å². The number of rotatable bonds is 7. The Morgan fingerprint density at radius 1 is 1.19 bits per heavy atom. The largest absolute Gasteiger partial charge is 0.480 e. The van der Waals surface area contributed by atoms with Gasteiger partial charge in [0.25, 0.3) is 11.8 Å². The van der Waals surface area contributed by atoms with Crippen LogP contribution in [0.15, 0.2) is 46.0 Å². The van der Waals surface area contributed by atoms with E-state index in [-0.39, 0.29) is 41.3 Å². The van der Waals surface area contributed by atoms with Crippen LogP contribution in [0.25, 0.3) is 11.0 Å². The van der Waals surface area contributed by atoms with Gasteiger partial charge in [0.05, 0.1) is 28.5 Å². The smallest absolute Gasteiger partial charge is 0.328 e. The summed E-state index contributed by atoms with van der Waals surface area (Å²) in [6, 6.07) is 7.46. The summed E-state index contributed by atoms with van der Waals surface area (Å²) < 4.78 is 5.43. The first kappa shape index (κ1) is 29.7. The number of guanidine groups is 1. The molecule has 2 aliphatic rings. The molecule has 2 aliphatic heterocycles. The second kappa shape index (κ2) is 12.6. The van der Waals surface area contributed by atoms with E-state index >= 15 is 0 Å². The Bertz CT molecular complexity index is 1560. The number of fused-ring (bicyclic) bond motifs is 2. The number of likely N-dealkylation sites (tertiary alicyclic amines) is 1. The fraction of sp³-hybridized carbons (Fsp3) is 0.379. The van der Waals surface area contributed by atoms with Gasteiger partial charge in [-0.05, 0) is 54.2 Å². The molecule has 2 aromatic carbocycles. The molecule has 0 bridgehead atoms. The van der Waals surface area contributed by atoms with Gasteiger partial charge in [-0.3, -0.25) is 9.59 Å². The van der Waals surface area contributed by atoms with Gasteiger partial charge in [-0.1, -0.05) is 36.2 Å². The van der Waals surface area contributed by atoms with E-state index in [0.29, 0.717) is 41.6 Å². The number of carbonyl (C=O) groups excluding carboxylic acids is 2. The van der Waals surface area contributed by atoms with Crippen molar-refractivity contribution in [2.24, 2.45) is 16.6 Å². The molecule has 0 unspecified atom stereocenters. The van der Waals surface area contributed by atoms with Crippen molar-refractivity contribution in [3.8, 4) is 0 Å². The fourth-order valence-electron chi connectivity index (χ4n) is 5.41. The van der Waals surface area contributed by atoms with Crippen molar-refractivity contribution in [2.45, 2.75) is 32.4 Å². The van der Waals surface area contributed by atoms with Crippen LogP contribution in [0.1, 0.15) is 45.2 Å². The number of amides is 2. The highest BCUT2D eigenvalue weighted by Gasteiger charge is 2.30. The topological polar surface area (TPSA) is 154 Å². The Labute approximate surface area is 252 Å². The number of nitrogens with one attached hydrogen (secondary N) is 2. The SMILES string of the molecule is C[C@@H]1CCN(/C(=N\CN)NC[C@H](NC(=O)c2c(Cl)cc3c(c2Cl)CCN(C(=O)c2ccc4ccoc4c2)C3)C(=O)O)C1. The summed E-state index contributed by atoms with van der Waals surface area (Å²) in [4.78, 5) is 46.5. The lowest BCUT2D eigenvalue weighted by atomic mass is 9.96. The van der Waals surface area contributed by atoms with Crippen LogP contribution in [0.2, 0.25) is 10.0 Å². The van der Waals surface area contributed by atoms with Crippen LogP contribution in [-0.2, 0) is 17.8 Å². The number of aliphatic imine (C=N–C) groups is 1. The molecule has 0 spiro atoms. The molecule has 2 amide bonds. The van der Waals surface area contributed by atoms with E-state index < -0.39 is 17.9 Å². The lowest BCUT2D eigenvalue weighted by Crippen LogP contribution is -2.51. The maximum absolute atomic E-state index is 13.3. The van der Waals surface area contributed by atoms with Gasteiger partial charge in [-0.25, -0.2) is 9.79 Å². The summed E-state index contributed by atoms with van der Waals surface area (Å²) in [5, 5.41) is 16.5. The van der Waals surface area contributed by atoms with Crippen molar-refractivity contribution in [1.82, 2.24) is 20.4 Å². The number of aliphatic carboxylic acids is 1. The summed E-state index contributed by atoms with van der Waals surface area (Å²) in [7, 11) is 0. The molecular formula is C29H32Cl2N6O5. The van der Waals surface area contributed by atoms with Crippen LogP contribution in [0.3, 0.4) is 0 Å². The number of benzene rings is 2. The highest BCUT2D eigenvalue weighted by atomic mass is 35.5. The highest BCUT2D eigenvalue weighted by Crippen LogP contribution is 2.35. The number of hydrogen-bond acceptors (Lipinski definition) is 6. The summed E-state index contributed by atoms with van der Waals surface area (Å²) >= 11 is 13.2. The Hall–Kier alpha value is -3.80. The summed E-state index contributed by atoms with van der Waals surface area (Å²) in [5.74, 6) is -1.13. The van der Waals surface area contributed by atoms with Gasteiger partial charge in [-0.15, -0.1) is 0 Å². The first-order valence-corrected chi connectivity index (χ1v) is 14.4. The van der Waals surface area contributed by atoms with Crippen molar-refractivity contribution >= 4 is 57.9 Å². The van der Waals surface area contributed by atoms with Crippen LogP contribution in [0, 0.1) is 5.92 Å². The maximum atomic E-state index is 13.3. The molecule has 1 fully saturated rings. The van der Waals surface area contributed by atoms with Crippen molar-refractivity contribution < 1.29 is 23.9 Å². The Balaban J connectivity index is 1.28. The van der Waals surface area contributed by atoms with E-state index in [2.05, 4.69) is 22.5 Å². The van der Waals surface area contributed by atoms with Crippen molar-refractivity contribution in [3.63, 3.8) is 0 Å². The summed E-state index contributed by atoms with van der Waals surface area (Å²) in [6.07, 6.45) is 2.97. The second-order valence-electron chi connectivity index (χ2n) is 10.6. The zero-order chi connectivity index (χ0) is 30.0. The molecule has 11 nitrogen and oxygen atoms in total. The Morgan fingerprint density at radius 3 is 2.71 bits per heavy atom. The van der Waals surface area contributed by atoms with Gasteiger partial charge in [0.1, 0.15) is 11.6 Å². The molecular weight excluding hydrogens is 583 g/mol. The predicted molar refractivity (Wildman–Crippen MR) is 160 cm³/mol. The molecule has 0 aliphatic carbocycles. The Kier molecular flexibility index (Phi) is 8.91. The van der Waals surface area contributed by atoms with Crippen LogP contribution >= 0.6 is 23.2 Å². The van der Waals surface area contributed by atoms with Crippen LogP contribution in [0.4, 0.5) is 0 Å². The molecule has 5 N–H and O–H groups in total. The lowest BCUT2D eigenvalue weighted by Gasteiger charge is -2.30. The van der Waals surface area contributed by atoms with E-state index in [4.69, 9.17) is 33.4 Å². The van der Waals surface area contributed by atoms with E-state index in [9.17, 15) is 19.5 Å². The molecule has 0 saturated carbocycles. The molecule has 1 aromatic heterocycles. The number of nitrogens with two attached hydrogens (primary N) is 1. The molecule has 5 rings (SSSR count). The zero-order valence-corrected chi connectivity index (χ0v) is 24.5. The molecule has 13 heteroatoms. The van der Waals surface area contributed by atoms with E-state index in [1.807, 2.05) is 17.0 Å². The van der Waals surface area contributed by atoms with Gasteiger partial charge < -0.3 is 35.7 Å². The third-order valence-electron chi connectivity index (χ3n) is 7.65. The minimum Gasteiger partial charge on any atom is -0.480 e. The van der Waals surface area contributed by atoms with Crippen LogP contribution in [0.5, 0.6) is 0 Å². The normalized spacial score (nSPS) is 17.7. The first-order chi connectivity index (χ1) is 20.2. The molecule has 0 radical (unpaired) electrons. The molecule has 1 saturated heterocycles. The minimum atomic E-state index is -1.29. The number of nitrogens with zero attached hydrogens (tertiary/aromatic N) is 3. The van der Waals surface area contributed by atoms with Gasteiger partial charge in [0.15, 0.2) is 5.96 Å². The van der Waals surface area contributed by atoms with E-state index in [1.54, 1.807) is 29.4 Å². The number of carboxylic acid groups (broad SMARTS) is 1. The molecule has 3 heterocycles. The van der Waals surface area contributed by atoms with Gasteiger partial charge >= 0.3 is 5.97 Å². The number of furan rings is 1. The Morgan fingerprint density at radius 2 is 2.00 bits per heavy atom. The second-order valence-corrected chi connectivity index (χ2v) is 11.4. The standard InChI is InChI=1S/C29H32Cl2N6O5/c1-16-4-7-37(13-16)29(34-15-32)33-12-22(28(40)41)35-26(38)24-21(30)10-19-14-36(8-5-20(19)25(24)31)27(39)18-3-2-17-6-9-42-23(17)11-18/h2-3,6,9-11,16,22H,4-5,7-8,12-15,32H2,1H3,(H,33,34)(H,35,38)(H,40,41)/t16-,22+/m1/s1. The lowest BCUT2D eigenvalue weighted by molar-refractivity contribution is -0.139. The fourth-order valence-corrected chi connectivity index (χ4v) is 6.17. The first-order valence-electron chi connectivity index (χ1n) is 13.7. The van der Waals surface area contributed by atoms with Gasteiger partial charge in [0, 0.05) is 43.7 Å². The monoisotopic (exact) mass is 614 g/mol. The molecule has 222 valence electrons. The third kappa shape index (κ3) is 6.18. The maximum Gasteiger partial charge on any atom is 0.328 e. The summed E-state index contributed by atoms with van der Waals surface area (Å²) in [5.41, 5.74) is 8.16. The number of halogens is 2. The number of carbonyl (C=O) groups is 3. The average molecular weight is 616 g/mol. The minimum absolute atomic E-state index is 0.00408. The third-order valence-corrected chi connectivity index (χ3v) is 8.37. The van der Waals surface area contributed by atoms with Gasteiger partial charge in [-0.2, -0.15) is 0 Å². The number of carboxylic acids is 1. The number of hydrogen-bond donors (Lipinski definition) is 4. The van der Waals surface area contributed by atoms with E-state index in [1.165, 1.54) is 0 Å². The zero-order valence-electron chi connectivity index (χ0n) is 23.0. The quantitative estimate of drug-likeness (QED) is 0.233. The van der Waals surface area contributed by atoms with Crippen molar-refractivity contribution in [1.29, 1.82) is 0 Å². The van der Waals surface area contributed by atoms with E-state index in [0.717, 1.165) is 30.5 Å².